The van der Waals surface area contributed by atoms with Crippen LogP contribution in [0.25, 0.3) is 0 Å². The van der Waals surface area contributed by atoms with Gasteiger partial charge in [0.15, 0.2) is 0 Å². The van der Waals surface area contributed by atoms with E-state index in [1.54, 1.807) is 18.2 Å². The number of sulfonamides is 1. The lowest BCUT2D eigenvalue weighted by molar-refractivity contribution is 0.194. The predicted molar refractivity (Wildman–Crippen MR) is 83.4 cm³/mol. The normalized spacial score (nSPS) is 15.8. The minimum Gasteiger partial charge on any atom is -0.465 e. The molecular formula is C15H22N2O4S. The minimum absolute atomic E-state index is 0.0495. The lowest BCUT2D eigenvalue weighted by atomic mass is 10.1. The van der Waals surface area contributed by atoms with Crippen LogP contribution < -0.4 is 10.0 Å². The monoisotopic (exact) mass is 326 g/mol. The van der Waals surface area contributed by atoms with Gasteiger partial charge in [-0.25, -0.2) is 17.9 Å². The Hall–Kier alpha value is -1.60. The highest BCUT2D eigenvalue weighted by Gasteiger charge is 2.22. The molecule has 6 nitrogen and oxygen atoms in total. The van der Waals surface area contributed by atoms with E-state index in [2.05, 4.69) is 10.0 Å². The van der Waals surface area contributed by atoms with Crippen molar-refractivity contribution >= 4 is 16.1 Å². The summed E-state index contributed by atoms with van der Waals surface area (Å²) in [5.41, 5.74) is 0.890. The highest BCUT2D eigenvalue weighted by molar-refractivity contribution is 7.89. The Morgan fingerprint density at radius 1 is 1.27 bits per heavy atom. The number of carbonyl (C=O) groups is 1. The molecule has 1 saturated carbocycles. The second-order valence-corrected chi connectivity index (χ2v) is 7.30. The van der Waals surface area contributed by atoms with Crippen molar-refractivity contribution in [1.29, 1.82) is 0 Å². The Kier molecular flexibility index (Phi) is 5.79. The first-order valence-electron chi connectivity index (χ1n) is 7.55. The number of amides is 1. The highest BCUT2D eigenvalue weighted by atomic mass is 32.2. The van der Waals surface area contributed by atoms with Crippen LogP contribution in [0.15, 0.2) is 29.2 Å². The molecule has 22 heavy (non-hydrogen) atoms. The molecule has 1 aromatic rings. The van der Waals surface area contributed by atoms with E-state index in [-0.39, 0.29) is 10.9 Å². The standard InChI is InChI=1S/C15H22N2O4S/c18-15(19)16-10-4-6-12-5-3-9-14(11-12)22(20,21)17-13-7-1-2-8-13/h3,5,9,11,13,16-17H,1-2,4,6-8,10H2,(H,18,19). The fourth-order valence-electron chi connectivity index (χ4n) is 2.69. The van der Waals surface area contributed by atoms with Crippen LogP contribution in [-0.4, -0.2) is 32.2 Å². The average molecular weight is 326 g/mol. The Labute approximate surface area is 131 Å². The topological polar surface area (TPSA) is 95.5 Å². The Balaban J connectivity index is 1.96. The van der Waals surface area contributed by atoms with Crippen molar-refractivity contribution in [2.45, 2.75) is 49.5 Å². The fourth-order valence-corrected chi connectivity index (χ4v) is 4.06. The van der Waals surface area contributed by atoms with Crippen molar-refractivity contribution in [2.24, 2.45) is 0 Å². The zero-order valence-electron chi connectivity index (χ0n) is 12.4. The SMILES string of the molecule is O=C(O)NCCCc1cccc(S(=O)(=O)NC2CCCC2)c1. The van der Waals surface area contributed by atoms with E-state index < -0.39 is 16.1 Å². The third-order valence-electron chi connectivity index (χ3n) is 3.80. The molecule has 3 N–H and O–H groups in total. The molecule has 0 heterocycles. The van der Waals surface area contributed by atoms with E-state index in [9.17, 15) is 13.2 Å². The number of hydrogen-bond acceptors (Lipinski definition) is 3. The number of rotatable bonds is 7. The Morgan fingerprint density at radius 2 is 2.00 bits per heavy atom. The smallest absolute Gasteiger partial charge is 0.404 e. The van der Waals surface area contributed by atoms with Crippen LogP contribution in [0.5, 0.6) is 0 Å². The Morgan fingerprint density at radius 3 is 2.68 bits per heavy atom. The summed E-state index contributed by atoms with van der Waals surface area (Å²) in [5.74, 6) is 0. The zero-order chi connectivity index (χ0) is 16.0. The second-order valence-electron chi connectivity index (χ2n) is 5.59. The molecule has 0 spiro atoms. The van der Waals surface area contributed by atoms with Gasteiger partial charge in [-0.2, -0.15) is 0 Å². The molecule has 0 unspecified atom stereocenters. The van der Waals surface area contributed by atoms with Crippen LogP contribution >= 0.6 is 0 Å². The molecule has 0 atom stereocenters. The molecule has 2 rings (SSSR count). The lowest BCUT2D eigenvalue weighted by Crippen LogP contribution is -2.32. The molecular weight excluding hydrogens is 304 g/mol. The number of nitrogens with one attached hydrogen (secondary N) is 2. The summed E-state index contributed by atoms with van der Waals surface area (Å²) in [7, 11) is -3.47. The fraction of sp³-hybridized carbons (Fsp3) is 0.533. The molecule has 0 aromatic heterocycles. The summed E-state index contributed by atoms with van der Waals surface area (Å²) in [4.78, 5) is 10.6. The third kappa shape index (κ3) is 4.99. The van der Waals surface area contributed by atoms with Gasteiger partial charge in [-0.1, -0.05) is 25.0 Å². The van der Waals surface area contributed by atoms with E-state index in [1.165, 1.54) is 0 Å². The molecule has 1 aromatic carbocycles. The maximum Gasteiger partial charge on any atom is 0.404 e. The van der Waals surface area contributed by atoms with Crippen LogP contribution in [-0.2, 0) is 16.4 Å². The molecule has 0 aliphatic heterocycles. The van der Waals surface area contributed by atoms with E-state index in [1.807, 2.05) is 6.07 Å². The summed E-state index contributed by atoms with van der Waals surface area (Å²) >= 11 is 0. The molecule has 1 aliphatic carbocycles. The zero-order valence-corrected chi connectivity index (χ0v) is 13.2. The molecule has 1 fully saturated rings. The summed E-state index contributed by atoms with van der Waals surface area (Å²) in [6, 6.07) is 6.89. The van der Waals surface area contributed by atoms with Crippen LogP contribution in [0.2, 0.25) is 0 Å². The van der Waals surface area contributed by atoms with Crippen molar-refractivity contribution in [1.82, 2.24) is 10.0 Å². The van der Waals surface area contributed by atoms with Gasteiger partial charge in [0.25, 0.3) is 0 Å². The van der Waals surface area contributed by atoms with Crippen molar-refractivity contribution in [3.8, 4) is 0 Å². The second kappa shape index (κ2) is 7.60. The van der Waals surface area contributed by atoms with Gasteiger partial charge < -0.3 is 10.4 Å². The van der Waals surface area contributed by atoms with Gasteiger partial charge in [-0.3, -0.25) is 0 Å². The first-order valence-corrected chi connectivity index (χ1v) is 9.04. The van der Waals surface area contributed by atoms with Crippen molar-refractivity contribution in [3.63, 3.8) is 0 Å². The van der Waals surface area contributed by atoms with E-state index in [0.717, 1.165) is 31.2 Å². The molecule has 1 aliphatic rings. The van der Waals surface area contributed by atoms with Gasteiger partial charge in [0.2, 0.25) is 10.0 Å². The lowest BCUT2D eigenvalue weighted by Gasteiger charge is -2.13. The molecule has 122 valence electrons. The maximum absolute atomic E-state index is 12.4. The minimum atomic E-state index is -3.47. The summed E-state index contributed by atoms with van der Waals surface area (Å²) in [6.07, 6.45) is 4.17. The maximum atomic E-state index is 12.4. The van der Waals surface area contributed by atoms with Crippen molar-refractivity contribution in [2.75, 3.05) is 6.54 Å². The van der Waals surface area contributed by atoms with Gasteiger partial charge in [0, 0.05) is 12.6 Å². The summed E-state index contributed by atoms with van der Waals surface area (Å²) < 4.78 is 27.5. The number of aryl methyl sites for hydroxylation is 1. The van der Waals surface area contributed by atoms with E-state index in [0.29, 0.717) is 19.4 Å². The van der Waals surface area contributed by atoms with Gasteiger partial charge in [0.1, 0.15) is 0 Å². The van der Waals surface area contributed by atoms with E-state index in [4.69, 9.17) is 5.11 Å². The van der Waals surface area contributed by atoms with Crippen LogP contribution in [0.4, 0.5) is 4.79 Å². The largest absolute Gasteiger partial charge is 0.465 e. The van der Waals surface area contributed by atoms with Crippen molar-refractivity contribution in [3.05, 3.63) is 29.8 Å². The number of carboxylic acid groups (broad SMARTS) is 1. The first kappa shape index (κ1) is 16.8. The molecule has 0 bridgehead atoms. The van der Waals surface area contributed by atoms with E-state index >= 15 is 0 Å². The van der Waals surface area contributed by atoms with Gasteiger partial charge in [0.05, 0.1) is 4.90 Å². The first-order chi connectivity index (χ1) is 10.5. The number of benzene rings is 1. The van der Waals surface area contributed by atoms with Crippen LogP contribution in [0, 0.1) is 0 Å². The van der Waals surface area contributed by atoms with Crippen LogP contribution in [0.1, 0.15) is 37.7 Å². The molecule has 7 heteroatoms. The van der Waals surface area contributed by atoms with Gasteiger partial charge >= 0.3 is 6.09 Å². The summed E-state index contributed by atoms with van der Waals surface area (Å²) in [6.45, 7) is 0.354. The van der Waals surface area contributed by atoms with Crippen LogP contribution in [0.3, 0.4) is 0 Å². The number of hydrogen-bond donors (Lipinski definition) is 3. The average Bonchev–Trinajstić information content (AvgIpc) is 2.96. The molecule has 0 radical (unpaired) electrons. The summed E-state index contributed by atoms with van der Waals surface area (Å²) in [5, 5.41) is 10.8. The third-order valence-corrected chi connectivity index (χ3v) is 5.32. The van der Waals surface area contributed by atoms with Gasteiger partial charge in [-0.05, 0) is 43.4 Å². The quantitative estimate of drug-likeness (QED) is 0.669. The van der Waals surface area contributed by atoms with Gasteiger partial charge in [-0.15, -0.1) is 0 Å². The Bertz CT molecular complexity index is 610. The van der Waals surface area contributed by atoms with Crippen molar-refractivity contribution < 1.29 is 18.3 Å². The molecule has 0 saturated heterocycles. The predicted octanol–water partition coefficient (Wildman–Crippen LogP) is 2.11. The highest BCUT2D eigenvalue weighted by Crippen LogP contribution is 2.21. The molecule has 1 amide bonds.